The van der Waals surface area contributed by atoms with Gasteiger partial charge in [0.05, 0.1) is 18.4 Å². The third-order valence-corrected chi connectivity index (χ3v) is 4.48. The van der Waals surface area contributed by atoms with Crippen molar-refractivity contribution in [1.82, 2.24) is 4.98 Å². The Morgan fingerprint density at radius 2 is 2.12 bits per heavy atom. The van der Waals surface area contributed by atoms with Crippen molar-refractivity contribution >= 4 is 22.4 Å². The smallest absolute Gasteiger partial charge is 0.252 e. The molecule has 0 aliphatic heterocycles. The van der Waals surface area contributed by atoms with Crippen molar-refractivity contribution in [3.8, 4) is 22.8 Å². The summed E-state index contributed by atoms with van der Waals surface area (Å²) in [5.41, 5.74) is 7.79. The number of anilines is 1. The first-order valence-corrected chi connectivity index (χ1v) is 8.41. The van der Waals surface area contributed by atoms with Crippen LogP contribution in [0.15, 0.2) is 47.8 Å². The number of hydrogen-bond donors (Lipinski definition) is 3. The lowest BCUT2D eigenvalue weighted by atomic mass is 10.1. The summed E-state index contributed by atoms with van der Waals surface area (Å²) in [7, 11) is 1.64. The number of hydrogen-bond acceptors (Lipinski definition) is 6. The molecule has 0 fully saturated rings. The lowest BCUT2D eigenvalue weighted by Gasteiger charge is -2.08. The van der Waals surface area contributed by atoms with Crippen LogP contribution in [0.25, 0.3) is 11.3 Å². The highest BCUT2D eigenvalue weighted by atomic mass is 32.1. The number of aromatic nitrogens is 1. The number of ether oxygens (including phenoxy) is 1. The van der Waals surface area contributed by atoms with Gasteiger partial charge in [0.2, 0.25) is 0 Å². The van der Waals surface area contributed by atoms with Crippen molar-refractivity contribution in [3.63, 3.8) is 0 Å². The number of methoxy groups -OCH3 is 1. The maximum Gasteiger partial charge on any atom is 0.252 e. The van der Waals surface area contributed by atoms with Crippen LogP contribution in [0.5, 0.6) is 11.5 Å². The van der Waals surface area contributed by atoms with Gasteiger partial charge in [-0.05, 0) is 24.3 Å². The first-order valence-electron chi connectivity index (χ1n) is 7.53. The van der Waals surface area contributed by atoms with E-state index in [4.69, 9.17) is 10.5 Å². The number of para-hydroxylation sites is 1. The average molecular weight is 355 g/mol. The molecule has 1 heterocycles. The number of phenols is 1. The molecule has 2 aromatic carbocycles. The van der Waals surface area contributed by atoms with E-state index in [1.165, 1.54) is 23.5 Å². The summed E-state index contributed by atoms with van der Waals surface area (Å²) in [6.07, 6.45) is 0. The van der Waals surface area contributed by atoms with E-state index in [-0.39, 0.29) is 11.3 Å². The van der Waals surface area contributed by atoms with Crippen LogP contribution in [0.1, 0.15) is 15.9 Å². The number of amides is 1. The number of nitrogens with one attached hydrogen (secondary N) is 1. The molecule has 3 rings (SSSR count). The molecule has 0 spiro atoms. The van der Waals surface area contributed by atoms with Gasteiger partial charge < -0.3 is 20.9 Å². The van der Waals surface area contributed by atoms with E-state index >= 15 is 0 Å². The number of benzene rings is 2. The van der Waals surface area contributed by atoms with Crippen molar-refractivity contribution in [2.75, 3.05) is 12.4 Å². The van der Waals surface area contributed by atoms with Crippen LogP contribution in [0.4, 0.5) is 5.13 Å². The number of thiazole rings is 1. The molecule has 4 N–H and O–H groups in total. The molecule has 7 heteroatoms. The summed E-state index contributed by atoms with van der Waals surface area (Å²) in [5.74, 6) is 0.00140. The maximum atomic E-state index is 11.4. The van der Waals surface area contributed by atoms with Gasteiger partial charge in [0.15, 0.2) is 5.13 Å². The van der Waals surface area contributed by atoms with E-state index in [0.29, 0.717) is 17.8 Å². The molecule has 3 aromatic rings. The van der Waals surface area contributed by atoms with E-state index in [9.17, 15) is 9.90 Å². The molecule has 0 aliphatic carbocycles. The summed E-state index contributed by atoms with van der Waals surface area (Å²) in [6.45, 7) is 0.582. The Bertz CT molecular complexity index is 908. The third-order valence-electron chi connectivity index (χ3n) is 3.68. The minimum absolute atomic E-state index is 0.0778. The van der Waals surface area contributed by atoms with Crippen LogP contribution in [-0.2, 0) is 6.54 Å². The van der Waals surface area contributed by atoms with Crippen LogP contribution < -0.4 is 15.8 Å². The second-order valence-corrected chi connectivity index (χ2v) is 6.16. The number of primary amides is 1. The zero-order chi connectivity index (χ0) is 17.8. The second-order valence-electron chi connectivity index (χ2n) is 5.30. The van der Waals surface area contributed by atoms with Gasteiger partial charge in [-0.2, -0.15) is 0 Å². The lowest BCUT2D eigenvalue weighted by molar-refractivity contribution is 0.0998. The monoisotopic (exact) mass is 355 g/mol. The molecule has 0 atom stereocenters. The Morgan fingerprint density at radius 3 is 2.88 bits per heavy atom. The van der Waals surface area contributed by atoms with Crippen LogP contribution in [0.3, 0.4) is 0 Å². The SMILES string of the molecule is COc1ccccc1CNc1nc(-c2ccc(O)c(C(N)=O)c2)cs1. The quantitative estimate of drug-likeness (QED) is 0.631. The minimum atomic E-state index is -0.677. The van der Waals surface area contributed by atoms with Crippen LogP contribution in [-0.4, -0.2) is 23.1 Å². The second kappa shape index (κ2) is 7.23. The first-order chi connectivity index (χ1) is 12.1. The highest BCUT2D eigenvalue weighted by molar-refractivity contribution is 7.14. The van der Waals surface area contributed by atoms with Gasteiger partial charge in [-0.25, -0.2) is 4.98 Å². The maximum absolute atomic E-state index is 11.4. The van der Waals surface area contributed by atoms with E-state index in [1.807, 2.05) is 29.6 Å². The van der Waals surface area contributed by atoms with Crippen molar-refractivity contribution < 1.29 is 14.6 Å². The molecule has 1 amide bonds. The van der Waals surface area contributed by atoms with Crippen LogP contribution in [0.2, 0.25) is 0 Å². The first kappa shape index (κ1) is 16.8. The van der Waals surface area contributed by atoms with E-state index in [1.54, 1.807) is 13.2 Å². The molecule has 0 radical (unpaired) electrons. The van der Waals surface area contributed by atoms with Gasteiger partial charge in [0.1, 0.15) is 11.5 Å². The van der Waals surface area contributed by atoms with Gasteiger partial charge in [-0.15, -0.1) is 11.3 Å². The fourth-order valence-electron chi connectivity index (χ4n) is 2.40. The highest BCUT2D eigenvalue weighted by Crippen LogP contribution is 2.29. The average Bonchev–Trinajstić information content (AvgIpc) is 3.09. The standard InChI is InChI=1S/C18H17N3O3S/c1-24-16-5-3-2-4-12(16)9-20-18-21-14(10-25-18)11-6-7-15(22)13(8-11)17(19)23/h2-8,10,22H,9H2,1H3,(H2,19,23)(H,20,21). The third kappa shape index (κ3) is 3.72. The molecule has 128 valence electrons. The lowest BCUT2D eigenvalue weighted by Crippen LogP contribution is -2.11. The molecule has 0 aliphatic rings. The Balaban J connectivity index is 1.77. The number of nitrogens with two attached hydrogens (primary N) is 1. The molecule has 0 bridgehead atoms. The zero-order valence-electron chi connectivity index (χ0n) is 13.5. The number of aromatic hydroxyl groups is 1. The summed E-state index contributed by atoms with van der Waals surface area (Å²) >= 11 is 1.45. The summed E-state index contributed by atoms with van der Waals surface area (Å²) in [5, 5.41) is 15.6. The fourth-order valence-corrected chi connectivity index (χ4v) is 3.12. The number of rotatable bonds is 6. The molecular weight excluding hydrogens is 338 g/mol. The largest absolute Gasteiger partial charge is 0.507 e. The van der Waals surface area contributed by atoms with Crippen molar-refractivity contribution in [2.24, 2.45) is 5.73 Å². The zero-order valence-corrected chi connectivity index (χ0v) is 14.3. The van der Waals surface area contributed by atoms with Crippen LogP contribution in [0, 0.1) is 0 Å². The fraction of sp³-hybridized carbons (Fsp3) is 0.111. The minimum Gasteiger partial charge on any atom is -0.507 e. The molecule has 0 unspecified atom stereocenters. The van der Waals surface area contributed by atoms with E-state index in [0.717, 1.165) is 16.4 Å². The molecule has 25 heavy (non-hydrogen) atoms. The van der Waals surface area contributed by atoms with Crippen molar-refractivity contribution in [1.29, 1.82) is 0 Å². The Morgan fingerprint density at radius 1 is 1.32 bits per heavy atom. The Hall–Kier alpha value is -3.06. The van der Waals surface area contributed by atoms with Gasteiger partial charge in [-0.3, -0.25) is 4.79 Å². The highest BCUT2D eigenvalue weighted by Gasteiger charge is 2.11. The summed E-state index contributed by atoms with van der Waals surface area (Å²) < 4.78 is 5.33. The summed E-state index contributed by atoms with van der Waals surface area (Å²) in [4.78, 5) is 15.9. The molecular formula is C18H17N3O3S. The van der Waals surface area contributed by atoms with Gasteiger partial charge in [0, 0.05) is 23.1 Å². The van der Waals surface area contributed by atoms with Gasteiger partial charge >= 0.3 is 0 Å². The molecule has 1 aromatic heterocycles. The van der Waals surface area contributed by atoms with Gasteiger partial charge in [-0.1, -0.05) is 18.2 Å². The Labute approximate surface area is 148 Å². The molecule has 0 saturated carbocycles. The van der Waals surface area contributed by atoms with Crippen LogP contribution >= 0.6 is 11.3 Å². The Kier molecular flexibility index (Phi) is 4.85. The molecule has 0 saturated heterocycles. The predicted octanol–water partition coefficient (Wildman–Crippen LogP) is 3.24. The van der Waals surface area contributed by atoms with Crippen molar-refractivity contribution in [2.45, 2.75) is 6.54 Å². The number of carbonyl (C=O) groups excluding carboxylic acids is 1. The molecule has 6 nitrogen and oxygen atoms in total. The normalized spacial score (nSPS) is 10.4. The topological polar surface area (TPSA) is 97.5 Å². The van der Waals surface area contributed by atoms with Gasteiger partial charge in [0.25, 0.3) is 5.91 Å². The number of carbonyl (C=O) groups is 1. The van der Waals surface area contributed by atoms with E-state index < -0.39 is 5.91 Å². The van der Waals surface area contributed by atoms with Crippen molar-refractivity contribution in [3.05, 3.63) is 59.0 Å². The van der Waals surface area contributed by atoms with E-state index in [2.05, 4.69) is 10.3 Å². The number of nitrogens with zero attached hydrogens (tertiary/aromatic N) is 1. The summed E-state index contributed by atoms with van der Waals surface area (Å²) in [6, 6.07) is 12.4. The predicted molar refractivity (Wildman–Crippen MR) is 98.1 cm³/mol.